The summed E-state index contributed by atoms with van der Waals surface area (Å²) in [5.41, 5.74) is 0.380. The van der Waals surface area contributed by atoms with Gasteiger partial charge in [-0.05, 0) is 18.4 Å². The van der Waals surface area contributed by atoms with Crippen LogP contribution >= 0.6 is 0 Å². The number of benzene rings is 1. The third-order valence-corrected chi connectivity index (χ3v) is 3.01. The minimum atomic E-state index is -1.07. The minimum Gasteiger partial charge on any atom is -0.480 e. The maximum Gasteiger partial charge on any atom is 0.326 e. The number of amides is 2. The lowest BCUT2D eigenvalue weighted by Gasteiger charge is -2.22. The lowest BCUT2D eigenvalue weighted by atomic mass is 10.0. The Bertz CT molecular complexity index is 505. The van der Waals surface area contributed by atoms with E-state index in [1.54, 1.807) is 18.2 Å². The average Bonchev–Trinajstić information content (AvgIpc) is 2.39. The van der Waals surface area contributed by atoms with E-state index in [-0.39, 0.29) is 12.5 Å². The number of nitrogens with zero attached hydrogens (tertiary/aromatic N) is 1. The smallest absolute Gasteiger partial charge is 0.326 e. The van der Waals surface area contributed by atoms with Gasteiger partial charge in [0.15, 0.2) is 0 Å². The summed E-state index contributed by atoms with van der Waals surface area (Å²) in [6.45, 7) is 3.84. The molecule has 0 aliphatic rings. The number of hydrogen-bond donors (Lipinski definition) is 2. The normalized spacial score (nSPS) is 12.0. The van der Waals surface area contributed by atoms with Gasteiger partial charge in [0.25, 0.3) is 0 Å². The first kappa shape index (κ1) is 16.9. The average molecular weight is 296 g/mol. The van der Waals surface area contributed by atoms with E-state index in [2.05, 4.69) is 5.32 Å². The second kappa shape index (κ2) is 7.61. The van der Waals surface area contributed by atoms with Gasteiger partial charge in [0.1, 0.15) is 11.9 Å². The maximum absolute atomic E-state index is 13.5. The third kappa shape index (κ3) is 5.41. The fourth-order valence-corrected chi connectivity index (χ4v) is 1.91. The number of aliphatic carboxylic acids is 1. The van der Waals surface area contributed by atoms with Crippen molar-refractivity contribution in [3.05, 3.63) is 35.6 Å². The summed E-state index contributed by atoms with van der Waals surface area (Å²) in [6, 6.07) is 4.68. The van der Waals surface area contributed by atoms with E-state index in [9.17, 15) is 14.0 Å². The zero-order valence-corrected chi connectivity index (χ0v) is 12.5. The van der Waals surface area contributed by atoms with Gasteiger partial charge in [-0.25, -0.2) is 14.0 Å². The molecule has 0 saturated carbocycles. The number of carboxylic acids is 1. The molecule has 1 rings (SSSR count). The number of urea groups is 1. The molecule has 116 valence electrons. The number of carbonyl (C=O) groups is 2. The second-order valence-electron chi connectivity index (χ2n) is 5.42. The molecule has 0 bridgehead atoms. The molecule has 0 aliphatic heterocycles. The molecule has 2 N–H and O–H groups in total. The minimum absolute atomic E-state index is 0.0759. The molecule has 1 atom stereocenters. The number of hydrogen-bond acceptors (Lipinski definition) is 2. The van der Waals surface area contributed by atoms with Crippen molar-refractivity contribution in [2.75, 3.05) is 7.05 Å². The number of nitrogens with one attached hydrogen (secondary N) is 1. The molecule has 0 heterocycles. The zero-order valence-electron chi connectivity index (χ0n) is 12.5. The third-order valence-electron chi connectivity index (χ3n) is 3.01. The number of carboxylic acid groups (broad SMARTS) is 1. The lowest BCUT2D eigenvalue weighted by Crippen LogP contribution is -2.47. The molecule has 5 nitrogen and oxygen atoms in total. The van der Waals surface area contributed by atoms with Crippen LogP contribution in [0.15, 0.2) is 24.3 Å². The molecule has 0 unspecified atom stereocenters. The Kier molecular flexibility index (Phi) is 6.14. The van der Waals surface area contributed by atoms with Crippen molar-refractivity contribution in [3.8, 4) is 0 Å². The first-order valence-electron chi connectivity index (χ1n) is 6.79. The molecule has 0 saturated heterocycles. The highest BCUT2D eigenvalue weighted by Crippen LogP contribution is 2.10. The van der Waals surface area contributed by atoms with Crippen molar-refractivity contribution in [1.29, 1.82) is 0 Å². The van der Waals surface area contributed by atoms with Crippen LogP contribution in [0.1, 0.15) is 25.8 Å². The zero-order chi connectivity index (χ0) is 16.0. The van der Waals surface area contributed by atoms with Gasteiger partial charge in [-0.1, -0.05) is 32.0 Å². The highest BCUT2D eigenvalue weighted by Gasteiger charge is 2.23. The fraction of sp³-hybridized carbons (Fsp3) is 0.467. The topological polar surface area (TPSA) is 69.6 Å². The molecule has 0 aromatic heterocycles. The Balaban J connectivity index is 2.65. The summed E-state index contributed by atoms with van der Waals surface area (Å²) in [6.07, 6.45) is 0.342. The van der Waals surface area contributed by atoms with E-state index < -0.39 is 23.9 Å². The summed E-state index contributed by atoms with van der Waals surface area (Å²) in [5.74, 6) is -1.33. The van der Waals surface area contributed by atoms with E-state index >= 15 is 0 Å². The number of rotatable bonds is 6. The Morgan fingerprint density at radius 1 is 1.33 bits per heavy atom. The fourth-order valence-electron chi connectivity index (χ4n) is 1.91. The lowest BCUT2D eigenvalue weighted by molar-refractivity contribution is -0.139. The summed E-state index contributed by atoms with van der Waals surface area (Å²) in [4.78, 5) is 24.4. The molecule has 0 radical (unpaired) electrons. The van der Waals surface area contributed by atoms with Crippen LogP contribution in [0.4, 0.5) is 9.18 Å². The predicted octanol–water partition coefficient (Wildman–Crippen LogP) is 2.47. The predicted molar refractivity (Wildman–Crippen MR) is 77.3 cm³/mol. The van der Waals surface area contributed by atoms with Gasteiger partial charge in [0.05, 0.1) is 0 Å². The molecule has 0 fully saturated rings. The van der Waals surface area contributed by atoms with Crippen molar-refractivity contribution < 1.29 is 19.1 Å². The van der Waals surface area contributed by atoms with Crippen LogP contribution in [0.5, 0.6) is 0 Å². The van der Waals surface area contributed by atoms with E-state index in [4.69, 9.17) is 5.11 Å². The molecular weight excluding hydrogens is 275 g/mol. The Morgan fingerprint density at radius 3 is 2.48 bits per heavy atom. The van der Waals surface area contributed by atoms with E-state index in [0.717, 1.165) is 0 Å². The quantitative estimate of drug-likeness (QED) is 0.847. The van der Waals surface area contributed by atoms with Crippen LogP contribution in [0.25, 0.3) is 0 Å². The summed E-state index contributed by atoms with van der Waals surface area (Å²) in [7, 11) is 1.50. The van der Waals surface area contributed by atoms with Gasteiger partial charge in [-0.3, -0.25) is 0 Å². The van der Waals surface area contributed by atoms with Crippen LogP contribution < -0.4 is 5.32 Å². The SMILES string of the molecule is CC(C)C[C@H](NC(=O)N(C)Cc1ccccc1F)C(=O)O. The van der Waals surface area contributed by atoms with Crippen LogP contribution in [0.2, 0.25) is 0 Å². The van der Waals surface area contributed by atoms with Crippen molar-refractivity contribution >= 4 is 12.0 Å². The van der Waals surface area contributed by atoms with Crippen LogP contribution in [0.3, 0.4) is 0 Å². The van der Waals surface area contributed by atoms with Gasteiger partial charge in [-0.15, -0.1) is 0 Å². The van der Waals surface area contributed by atoms with E-state index in [1.807, 2.05) is 13.8 Å². The summed E-state index contributed by atoms with van der Waals surface area (Å²) < 4.78 is 13.5. The first-order valence-corrected chi connectivity index (χ1v) is 6.79. The van der Waals surface area contributed by atoms with Crippen LogP contribution in [-0.2, 0) is 11.3 Å². The molecule has 2 amide bonds. The molecule has 1 aromatic carbocycles. The van der Waals surface area contributed by atoms with Gasteiger partial charge >= 0.3 is 12.0 Å². The van der Waals surface area contributed by atoms with Crippen LogP contribution in [-0.4, -0.2) is 35.1 Å². The van der Waals surface area contributed by atoms with E-state index in [1.165, 1.54) is 18.0 Å². The van der Waals surface area contributed by atoms with Crippen LogP contribution in [0, 0.1) is 11.7 Å². The van der Waals surface area contributed by atoms with Gasteiger partial charge in [0, 0.05) is 19.2 Å². The molecule has 21 heavy (non-hydrogen) atoms. The number of halogens is 1. The molecular formula is C15H21FN2O3. The largest absolute Gasteiger partial charge is 0.480 e. The molecule has 0 spiro atoms. The first-order chi connectivity index (χ1) is 9.81. The second-order valence-corrected chi connectivity index (χ2v) is 5.42. The van der Waals surface area contributed by atoms with Crippen molar-refractivity contribution in [3.63, 3.8) is 0 Å². The van der Waals surface area contributed by atoms with Gasteiger partial charge in [-0.2, -0.15) is 0 Å². The van der Waals surface area contributed by atoms with Crippen molar-refractivity contribution in [2.45, 2.75) is 32.9 Å². The molecule has 1 aromatic rings. The van der Waals surface area contributed by atoms with E-state index in [0.29, 0.717) is 12.0 Å². The Hall–Kier alpha value is -2.11. The molecule has 6 heteroatoms. The highest BCUT2D eigenvalue weighted by atomic mass is 19.1. The van der Waals surface area contributed by atoms with Crippen molar-refractivity contribution in [1.82, 2.24) is 10.2 Å². The highest BCUT2D eigenvalue weighted by molar-refractivity contribution is 5.82. The molecule has 0 aliphatic carbocycles. The Morgan fingerprint density at radius 2 is 1.95 bits per heavy atom. The number of carbonyl (C=O) groups excluding carboxylic acids is 1. The standard InChI is InChI=1S/C15H21FN2O3/c1-10(2)8-13(14(19)20)17-15(21)18(3)9-11-6-4-5-7-12(11)16/h4-7,10,13H,8-9H2,1-3H3,(H,17,21)(H,19,20)/t13-/m0/s1. The maximum atomic E-state index is 13.5. The van der Waals surface area contributed by atoms with Gasteiger partial charge < -0.3 is 15.3 Å². The summed E-state index contributed by atoms with van der Waals surface area (Å²) >= 11 is 0. The van der Waals surface area contributed by atoms with Gasteiger partial charge in [0.2, 0.25) is 0 Å². The Labute approximate surface area is 123 Å². The monoisotopic (exact) mass is 296 g/mol. The summed E-state index contributed by atoms with van der Waals surface area (Å²) in [5, 5.41) is 11.5. The van der Waals surface area contributed by atoms with Crippen molar-refractivity contribution in [2.24, 2.45) is 5.92 Å².